The molecule has 1 aromatic carbocycles. The van der Waals surface area contributed by atoms with Crippen LogP contribution in [0.15, 0.2) is 18.2 Å². The molecule has 1 fully saturated rings. The van der Waals surface area contributed by atoms with Crippen LogP contribution in [0.1, 0.15) is 6.92 Å². The van der Waals surface area contributed by atoms with Crippen molar-refractivity contribution in [3.05, 3.63) is 18.2 Å². The number of benzene rings is 1. The molecule has 0 radical (unpaired) electrons. The number of hydrogen-bond acceptors (Lipinski definition) is 8. The highest BCUT2D eigenvalue weighted by Gasteiger charge is 2.49. The Hall–Kier alpha value is -1.91. The van der Waals surface area contributed by atoms with Crippen molar-refractivity contribution in [1.29, 1.82) is 0 Å². The first kappa shape index (κ1) is 18.4. The van der Waals surface area contributed by atoms with Crippen molar-refractivity contribution in [1.82, 2.24) is 16.0 Å². The number of likely N-dealkylation sites (N-methyl/N-ethyl adjacent to an activating group) is 1. The van der Waals surface area contributed by atoms with Gasteiger partial charge in [-0.15, -0.1) is 0 Å². The molecule has 0 aliphatic carbocycles. The zero-order valence-corrected chi connectivity index (χ0v) is 14.2. The summed E-state index contributed by atoms with van der Waals surface area (Å²) in [5.41, 5.74) is -0.454. The van der Waals surface area contributed by atoms with Gasteiger partial charge in [-0.3, -0.25) is 25.5 Å². The van der Waals surface area contributed by atoms with E-state index in [-0.39, 0.29) is 24.9 Å². The van der Waals surface area contributed by atoms with Gasteiger partial charge in [-0.1, -0.05) is 0 Å². The van der Waals surface area contributed by atoms with Gasteiger partial charge in [0.2, 0.25) is 5.91 Å². The molecule has 0 bridgehead atoms. The van der Waals surface area contributed by atoms with Crippen LogP contribution in [0.3, 0.4) is 0 Å². The van der Waals surface area contributed by atoms with Crippen LogP contribution < -0.4 is 26.0 Å². The Morgan fingerprint density at radius 3 is 2.54 bits per heavy atom. The maximum atomic E-state index is 11.3. The number of ether oxygens (including phenoxy) is 3. The van der Waals surface area contributed by atoms with Crippen molar-refractivity contribution >= 4 is 11.6 Å². The molecular weight excluding hydrogens is 316 g/mol. The molecule has 1 aliphatic rings. The van der Waals surface area contributed by atoms with E-state index in [1.54, 1.807) is 27.2 Å². The molecule has 1 aromatic rings. The van der Waals surface area contributed by atoms with E-state index < -0.39 is 11.8 Å². The summed E-state index contributed by atoms with van der Waals surface area (Å²) in [4.78, 5) is 11.3. The van der Waals surface area contributed by atoms with Crippen LogP contribution in [0.25, 0.3) is 0 Å². The Bertz CT molecular complexity index is 593. The summed E-state index contributed by atoms with van der Waals surface area (Å²) in [6.45, 7) is 1.71. The van der Waals surface area contributed by atoms with Crippen molar-refractivity contribution in [2.45, 2.75) is 18.7 Å². The van der Waals surface area contributed by atoms with Crippen molar-refractivity contribution in [2.75, 3.05) is 39.7 Å². The zero-order chi connectivity index (χ0) is 17.8. The molecule has 1 atom stereocenters. The number of phenols is 1. The standard InChI is InChI=1S/C15H24N4O5/c1-10(20)19-12-6-5-11(21)7-13(12)22-8-14(16-2)9-23-15(17-3,18-4)24-14/h5-7,16-18,21H,8-9H2,1-4H3,(H,19,20)/t14-/m0/s1. The molecule has 0 unspecified atom stereocenters. The van der Waals surface area contributed by atoms with Gasteiger partial charge in [0.1, 0.15) is 18.1 Å². The van der Waals surface area contributed by atoms with E-state index in [1.165, 1.54) is 19.1 Å². The van der Waals surface area contributed by atoms with Crippen LogP contribution in [0.5, 0.6) is 11.5 Å². The molecule has 9 heteroatoms. The number of anilines is 1. The highest BCUT2D eigenvalue weighted by atomic mass is 16.8. The summed E-state index contributed by atoms with van der Waals surface area (Å²) in [6.07, 6.45) is 0. The molecule has 0 saturated carbocycles. The molecule has 0 aromatic heterocycles. The predicted octanol–water partition coefficient (Wildman–Crippen LogP) is -0.258. The number of phenolic OH excluding ortho intramolecular Hbond substituents is 1. The van der Waals surface area contributed by atoms with E-state index in [9.17, 15) is 9.90 Å². The van der Waals surface area contributed by atoms with Gasteiger partial charge in [0.15, 0.2) is 5.72 Å². The van der Waals surface area contributed by atoms with Gasteiger partial charge in [0, 0.05) is 13.0 Å². The summed E-state index contributed by atoms with van der Waals surface area (Å²) in [5.74, 6) is 0.120. The second kappa shape index (κ2) is 7.32. The van der Waals surface area contributed by atoms with E-state index in [0.29, 0.717) is 11.4 Å². The summed E-state index contributed by atoms with van der Waals surface area (Å²) in [6, 6.07) is 3.34. The lowest BCUT2D eigenvalue weighted by molar-refractivity contribution is -0.231. The second-order valence-electron chi connectivity index (χ2n) is 5.40. The maximum absolute atomic E-state index is 11.3. The number of nitrogens with one attached hydrogen (secondary N) is 4. The van der Waals surface area contributed by atoms with Crippen molar-refractivity contribution in [2.24, 2.45) is 0 Å². The van der Waals surface area contributed by atoms with Crippen LogP contribution in [-0.2, 0) is 14.3 Å². The number of rotatable bonds is 7. The Morgan fingerprint density at radius 2 is 2.00 bits per heavy atom. The normalized spacial score (nSPS) is 22.3. The zero-order valence-electron chi connectivity index (χ0n) is 14.2. The average Bonchev–Trinajstić information content (AvgIpc) is 2.95. The summed E-state index contributed by atoms with van der Waals surface area (Å²) in [5, 5.41) is 21.2. The third-order valence-corrected chi connectivity index (χ3v) is 3.70. The van der Waals surface area contributed by atoms with Gasteiger partial charge in [0.25, 0.3) is 6.03 Å². The van der Waals surface area contributed by atoms with E-state index in [1.807, 2.05) is 0 Å². The minimum Gasteiger partial charge on any atom is -0.508 e. The fraction of sp³-hybridized carbons (Fsp3) is 0.533. The maximum Gasteiger partial charge on any atom is 0.293 e. The lowest BCUT2D eigenvalue weighted by atomic mass is 10.2. The van der Waals surface area contributed by atoms with Gasteiger partial charge in [0.05, 0.1) is 12.3 Å². The van der Waals surface area contributed by atoms with Gasteiger partial charge in [-0.2, -0.15) is 0 Å². The van der Waals surface area contributed by atoms with E-state index in [4.69, 9.17) is 14.2 Å². The minimum atomic E-state index is -1.12. The number of carbonyl (C=O) groups excluding carboxylic acids is 1. The highest BCUT2D eigenvalue weighted by molar-refractivity contribution is 5.90. The van der Waals surface area contributed by atoms with Gasteiger partial charge >= 0.3 is 0 Å². The summed E-state index contributed by atoms with van der Waals surface area (Å²) < 4.78 is 17.4. The van der Waals surface area contributed by atoms with Crippen LogP contribution in [0, 0.1) is 0 Å². The van der Waals surface area contributed by atoms with Crippen LogP contribution in [0.2, 0.25) is 0 Å². The number of hydrogen-bond donors (Lipinski definition) is 5. The molecular formula is C15H24N4O5. The first-order chi connectivity index (χ1) is 11.4. The fourth-order valence-corrected chi connectivity index (χ4v) is 2.31. The Labute approximate surface area is 140 Å². The van der Waals surface area contributed by atoms with Gasteiger partial charge in [-0.25, -0.2) is 0 Å². The van der Waals surface area contributed by atoms with Gasteiger partial charge < -0.3 is 19.9 Å². The van der Waals surface area contributed by atoms with Crippen molar-refractivity contribution in [3.63, 3.8) is 0 Å². The molecule has 0 spiro atoms. The SMILES string of the molecule is CNC1(NC)OC[C@@](COc2cc(O)ccc2NC(C)=O)(NC)O1. The van der Waals surface area contributed by atoms with Crippen molar-refractivity contribution in [3.8, 4) is 11.5 Å². The van der Waals surface area contributed by atoms with E-state index in [2.05, 4.69) is 21.3 Å². The lowest BCUT2D eigenvalue weighted by Crippen LogP contribution is -2.59. The quantitative estimate of drug-likeness (QED) is 0.341. The number of aromatic hydroxyl groups is 1. The topological polar surface area (TPSA) is 113 Å². The molecule has 1 heterocycles. The predicted molar refractivity (Wildman–Crippen MR) is 87.6 cm³/mol. The molecule has 1 aliphatic heterocycles. The molecule has 1 amide bonds. The minimum absolute atomic E-state index is 0.0287. The highest BCUT2D eigenvalue weighted by Crippen LogP contribution is 2.31. The fourth-order valence-electron chi connectivity index (χ4n) is 2.31. The summed E-state index contributed by atoms with van der Waals surface area (Å²) >= 11 is 0. The molecule has 134 valence electrons. The monoisotopic (exact) mass is 340 g/mol. The Kier molecular flexibility index (Phi) is 5.62. The number of carbonyl (C=O) groups is 1. The molecule has 2 rings (SSSR count). The Morgan fingerprint density at radius 1 is 1.29 bits per heavy atom. The summed E-state index contributed by atoms with van der Waals surface area (Å²) in [7, 11) is 5.13. The first-order valence-corrected chi connectivity index (χ1v) is 7.52. The molecule has 5 N–H and O–H groups in total. The molecule has 24 heavy (non-hydrogen) atoms. The van der Waals surface area contributed by atoms with Crippen LogP contribution in [-0.4, -0.2) is 57.1 Å². The Balaban J connectivity index is 2.14. The second-order valence-corrected chi connectivity index (χ2v) is 5.40. The largest absolute Gasteiger partial charge is 0.508 e. The van der Waals surface area contributed by atoms with Crippen LogP contribution >= 0.6 is 0 Å². The third kappa shape index (κ3) is 3.94. The lowest BCUT2D eigenvalue weighted by Gasteiger charge is -2.31. The van der Waals surface area contributed by atoms with Crippen molar-refractivity contribution < 1.29 is 24.1 Å². The van der Waals surface area contributed by atoms with Gasteiger partial charge in [-0.05, 0) is 33.3 Å². The molecule has 9 nitrogen and oxygen atoms in total. The smallest absolute Gasteiger partial charge is 0.293 e. The van der Waals surface area contributed by atoms with E-state index in [0.717, 1.165) is 0 Å². The molecule has 1 saturated heterocycles. The van der Waals surface area contributed by atoms with E-state index >= 15 is 0 Å². The third-order valence-electron chi connectivity index (χ3n) is 3.70. The average molecular weight is 340 g/mol. The first-order valence-electron chi connectivity index (χ1n) is 7.52. The number of amides is 1. The van der Waals surface area contributed by atoms with Crippen LogP contribution in [0.4, 0.5) is 5.69 Å².